The number of hydrogen-bond donors (Lipinski definition) is 2. The molecular weight excluding hydrogens is 202 g/mol. The van der Waals surface area contributed by atoms with Gasteiger partial charge in [-0.1, -0.05) is 13.8 Å². The number of halogens is 2. The van der Waals surface area contributed by atoms with Crippen molar-refractivity contribution in [2.75, 3.05) is 32.8 Å². The lowest BCUT2D eigenvalue weighted by Crippen LogP contribution is -2.39. The molecule has 0 aliphatic heterocycles. The van der Waals surface area contributed by atoms with Crippen LogP contribution in [0.15, 0.2) is 0 Å². The van der Waals surface area contributed by atoms with Crippen LogP contribution in [0.5, 0.6) is 0 Å². The van der Waals surface area contributed by atoms with Gasteiger partial charge >= 0.3 is 0 Å². The summed E-state index contributed by atoms with van der Waals surface area (Å²) in [7, 11) is 0. The van der Waals surface area contributed by atoms with Crippen LogP contribution in [-0.4, -0.2) is 49.2 Å². The summed E-state index contributed by atoms with van der Waals surface area (Å²) in [5, 5.41) is 8.76. The lowest BCUT2D eigenvalue weighted by molar-refractivity contribution is 0.0660. The van der Waals surface area contributed by atoms with Crippen LogP contribution < -0.4 is 5.73 Å². The van der Waals surface area contributed by atoms with E-state index in [0.717, 1.165) is 0 Å². The van der Waals surface area contributed by atoms with Crippen LogP contribution in [0.25, 0.3) is 0 Å². The summed E-state index contributed by atoms with van der Waals surface area (Å²) in [5.41, 5.74) is 5.57. The molecule has 0 aliphatic carbocycles. The average Bonchev–Trinajstić information content (AvgIpc) is 2.12. The minimum Gasteiger partial charge on any atom is -0.395 e. The Balaban J connectivity index is 4.11. The van der Waals surface area contributed by atoms with E-state index in [-0.39, 0.29) is 25.6 Å². The molecule has 0 amide bonds. The largest absolute Gasteiger partial charge is 0.395 e. The first kappa shape index (κ1) is 14.7. The molecule has 0 aromatic heterocycles. The molecule has 0 radical (unpaired) electrons. The van der Waals surface area contributed by atoms with Gasteiger partial charge in [0, 0.05) is 13.1 Å². The van der Waals surface area contributed by atoms with E-state index in [9.17, 15) is 8.78 Å². The summed E-state index contributed by atoms with van der Waals surface area (Å²) in [5.74, 6) is 0.573. The Hall–Kier alpha value is -0.260. The highest BCUT2D eigenvalue weighted by molar-refractivity contribution is 4.70. The van der Waals surface area contributed by atoms with E-state index in [1.165, 1.54) is 0 Å². The maximum Gasteiger partial charge on any atom is 0.251 e. The molecule has 0 rings (SSSR count). The Morgan fingerprint density at radius 3 is 2.20 bits per heavy atom. The summed E-state index contributed by atoms with van der Waals surface area (Å²) < 4.78 is 24.4. The van der Waals surface area contributed by atoms with Crippen LogP contribution in [0.4, 0.5) is 8.78 Å². The number of alkyl halides is 2. The summed E-state index contributed by atoms with van der Waals surface area (Å²) in [6.45, 7) is 4.97. The molecule has 15 heavy (non-hydrogen) atoms. The van der Waals surface area contributed by atoms with Crippen LogP contribution >= 0.6 is 0 Å². The highest BCUT2D eigenvalue weighted by Crippen LogP contribution is 2.12. The summed E-state index contributed by atoms with van der Waals surface area (Å²) in [4.78, 5) is 1.57. The van der Waals surface area contributed by atoms with Gasteiger partial charge in [0.2, 0.25) is 0 Å². The van der Waals surface area contributed by atoms with E-state index in [1.54, 1.807) is 4.90 Å². The van der Waals surface area contributed by atoms with Gasteiger partial charge < -0.3 is 10.8 Å². The summed E-state index contributed by atoms with van der Waals surface area (Å²) in [6, 6.07) is 0. The first-order chi connectivity index (χ1) is 7.01. The third-order valence-electron chi connectivity index (χ3n) is 2.55. The third-order valence-corrected chi connectivity index (χ3v) is 2.55. The number of nitrogens with two attached hydrogens (primary N) is 1. The van der Waals surface area contributed by atoms with Crippen LogP contribution in [0.1, 0.15) is 13.8 Å². The molecule has 0 heterocycles. The maximum absolute atomic E-state index is 12.2. The van der Waals surface area contributed by atoms with E-state index in [4.69, 9.17) is 10.8 Å². The zero-order valence-corrected chi connectivity index (χ0v) is 9.50. The van der Waals surface area contributed by atoms with Gasteiger partial charge in [-0.25, -0.2) is 8.78 Å². The van der Waals surface area contributed by atoms with Crippen LogP contribution in [0, 0.1) is 11.8 Å². The van der Waals surface area contributed by atoms with Crippen molar-refractivity contribution in [3.05, 3.63) is 0 Å². The Labute approximate surface area is 90.2 Å². The van der Waals surface area contributed by atoms with Gasteiger partial charge in [-0.15, -0.1) is 0 Å². The quantitative estimate of drug-likeness (QED) is 0.640. The van der Waals surface area contributed by atoms with E-state index in [1.807, 2.05) is 13.8 Å². The van der Waals surface area contributed by atoms with Crippen LogP contribution in [0.2, 0.25) is 0 Å². The van der Waals surface area contributed by atoms with Gasteiger partial charge in [0.05, 0.1) is 13.2 Å². The van der Waals surface area contributed by atoms with Gasteiger partial charge in [-0.3, -0.25) is 4.90 Å². The van der Waals surface area contributed by atoms with Gasteiger partial charge in [0.15, 0.2) is 0 Å². The molecule has 0 spiro atoms. The van der Waals surface area contributed by atoms with E-state index < -0.39 is 6.43 Å². The van der Waals surface area contributed by atoms with Crippen molar-refractivity contribution < 1.29 is 13.9 Å². The average molecular weight is 224 g/mol. The maximum atomic E-state index is 12.2. The molecule has 3 N–H and O–H groups in total. The van der Waals surface area contributed by atoms with Crippen LogP contribution in [0.3, 0.4) is 0 Å². The minimum atomic E-state index is -2.36. The normalized spacial score (nSPS) is 14.2. The monoisotopic (exact) mass is 224 g/mol. The molecule has 1 unspecified atom stereocenters. The van der Waals surface area contributed by atoms with Gasteiger partial charge in [-0.05, 0) is 18.4 Å². The second kappa shape index (κ2) is 7.96. The Morgan fingerprint density at radius 1 is 1.27 bits per heavy atom. The molecule has 1 atom stereocenters. The van der Waals surface area contributed by atoms with Crippen molar-refractivity contribution in [3.63, 3.8) is 0 Å². The number of aliphatic hydroxyl groups excluding tert-OH is 1. The van der Waals surface area contributed by atoms with E-state index in [0.29, 0.717) is 19.0 Å². The fourth-order valence-electron chi connectivity index (χ4n) is 1.48. The van der Waals surface area contributed by atoms with Crippen molar-refractivity contribution in [2.45, 2.75) is 20.3 Å². The Bertz CT molecular complexity index is 156. The molecular formula is C10H22F2N2O. The zero-order chi connectivity index (χ0) is 11.8. The Kier molecular flexibility index (Phi) is 7.82. The lowest BCUT2D eigenvalue weighted by Gasteiger charge is -2.28. The molecule has 0 saturated carbocycles. The molecule has 0 aromatic rings. The second-order valence-electron chi connectivity index (χ2n) is 4.11. The Morgan fingerprint density at radius 2 is 1.87 bits per heavy atom. The highest BCUT2D eigenvalue weighted by atomic mass is 19.3. The topological polar surface area (TPSA) is 49.5 Å². The zero-order valence-electron chi connectivity index (χ0n) is 9.50. The fraction of sp³-hybridized carbons (Fsp3) is 1.00. The standard InChI is InChI=1S/C10H22F2N2O/c1-8(2)9(5-13)6-14(3-4-15)7-10(11)12/h8-10,15H,3-7,13H2,1-2H3. The van der Waals surface area contributed by atoms with Crippen molar-refractivity contribution in [2.24, 2.45) is 17.6 Å². The lowest BCUT2D eigenvalue weighted by atomic mass is 9.95. The minimum absolute atomic E-state index is 0.0951. The van der Waals surface area contributed by atoms with Crippen molar-refractivity contribution in [1.29, 1.82) is 0 Å². The van der Waals surface area contributed by atoms with Crippen molar-refractivity contribution >= 4 is 0 Å². The predicted octanol–water partition coefficient (Wildman–Crippen LogP) is 0.777. The summed E-state index contributed by atoms with van der Waals surface area (Å²) in [6.07, 6.45) is -2.36. The number of nitrogens with zero attached hydrogens (tertiary/aromatic N) is 1. The third kappa shape index (κ3) is 6.76. The molecule has 0 aliphatic rings. The smallest absolute Gasteiger partial charge is 0.251 e. The molecule has 5 heteroatoms. The number of rotatable bonds is 8. The second-order valence-corrected chi connectivity index (χ2v) is 4.11. The van der Waals surface area contributed by atoms with Gasteiger partial charge in [0.25, 0.3) is 6.43 Å². The van der Waals surface area contributed by atoms with Crippen LogP contribution in [-0.2, 0) is 0 Å². The SMILES string of the molecule is CC(C)C(CN)CN(CCO)CC(F)F. The first-order valence-corrected chi connectivity index (χ1v) is 5.32. The molecule has 3 nitrogen and oxygen atoms in total. The fourth-order valence-corrected chi connectivity index (χ4v) is 1.48. The first-order valence-electron chi connectivity index (χ1n) is 5.32. The van der Waals surface area contributed by atoms with Crippen molar-refractivity contribution in [1.82, 2.24) is 4.90 Å². The molecule has 0 fully saturated rings. The number of hydrogen-bond acceptors (Lipinski definition) is 3. The molecule has 92 valence electrons. The number of aliphatic hydroxyl groups is 1. The van der Waals surface area contributed by atoms with Gasteiger partial charge in [0.1, 0.15) is 0 Å². The van der Waals surface area contributed by atoms with E-state index >= 15 is 0 Å². The summed E-state index contributed by atoms with van der Waals surface area (Å²) >= 11 is 0. The molecule has 0 bridgehead atoms. The van der Waals surface area contributed by atoms with Crippen molar-refractivity contribution in [3.8, 4) is 0 Å². The van der Waals surface area contributed by atoms with E-state index in [2.05, 4.69) is 0 Å². The predicted molar refractivity (Wildman–Crippen MR) is 56.9 cm³/mol. The molecule has 0 saturated heterocycles. The van der Waals surface area contributed by atoms with Gasteiger partial charge in [-0.2, -0.15) is 0 Å². The molecule has 0 aromatic carbocycles. The highest BCUT2D eigenvalue weighted by Gasteiger charge is 2.18.